The zero-order valence-corrected chi connectivity index (χ0v) is 21.4. The predicted molar refractivity (Wildman–Crippen MR) is 131 cm³/mol. The van der Waals surface area contributed by atoms with E-state index >= 15 is 0 Å². The van der Waals surface area contributed by atoms with Crippen LogP contribution in [0, 0.1) is 6.92 Å². The van der Waals surface area contributed by atoms with Crippen molar-refractivity contribution in [3.63, 3.8) is 0 Å². The standard InChI is InChI=1S/C21H37N7O3S/c1-13(2)23-19(32)26-16-12-17(25-15(4)24-16)27(8)11-10-22-18(29)14(3)28(9)20(30)31-21(5,6)7/h12-14H,10-11H2,1-9H3,(H,22,29)(H2,23,24,25,26,32)/t14-/m0/s1. The van der Waals surface area contributed by atoms with E-state index in [1.807, 2.05) is 25.8 Å². The first-order chi connectivity index (χ1) is 14.7. The maximum absolute atomic E-state index is 12.5. The van der Waals surface area contributed by atoms with E-state index in [0.717, 1.165) is 0 Å². The molecule has 1 atom stereocenters. The highest BCUT2D eigenvalue weighted by Crippen LogP contribution is 2.15. The molecule has 0 spiro atoms. The van der Waals surface area contributed by atoms with Crippen LogP contribution >= 0.6 is 12.2 Å². The summed E-state index contributed by atoms with van der Waals surface area (Å²) in [6, 6.07) is 1.34. The topological polar surface area (TPSA) is 112 Å². The van der Waals surface area contributed by atoms with Gasteiger partial charge in [-0.2, -0.15) is 0 Å². The minimum Gasteiger partial charge on any atom is -0.444 e. The molecule has 0 radical (unpaired) electrons. The Morgan fingerprint density at radius 1 is 1.19 bits per heavy atom. The number of carbonyl (C=O) groups excluding carboxylic acids is 2. The fraction of sp³-hybridized carbons (Fsp3) is 0.667. The van der Waals surface area contributed by atoms with Crippen LogP contribution in [-0.4, -0.2) is 76.9 Å². The number of nitrogens with zero attached hydrogens (tertiary/aromatic N) is 4. The van der Waals surface area contributed by atoms with E-state index in [0.29, 0.717) is 35.7 Å². The molecule has 3 N–H and O–H groups in total. The van der Waals surface area contributed by atoms with Gasteiger partial charge in [0, 0.05) is 39.3 Å². The molecule has 0 bridgehead atoms. The molecule has 1 aromatic rings. The number of carbonyl (C=O) groups is 2. The third kappa shape index (κ3) is 9.63. The summed E-state index contributed by atoms with van der Waals surface area (Å²) in [5.41, 5.74) is -0.623. The third-order valence-corrected chi connectivity index (χ3v) is 4.49. The molecule has 0 saturated carbocycles. The highest BCUT2D eigenvalue weighted by Gasteiger charge is 2.26. The number of amides is 2. The molecule has 180 valence electrons. The lowest BCUT2D eigenvalue weighted by molar-refractivity contribution is -0.125. The summed E-state index contributed by atoms with van der Waals surface area (Å²) in [5.74, 6) is 1.62. The third-order valence-electron chi connectivity index (χ3n) is 4.27. The van der Waals surface area contributed by atoms with E-state index in [-0.39, 0.29) is 11.9 Å². The Hall–Kier alpha value is -2.69. The van der Waals surface area contributed by atoms with Crippen molar-refractivity contribution in [3.05, 3.63) is 11.9 Å². The van der Waals surface area contributed by atoms with E-state index in [1.165, 1.54) is 4.90 Å². The number of hydrogen-bond donors (Lipinski definition) is 3. The summed E-state index contributed by atoms with van der Waals surface area (Å²) < 4.78 is 5.31. The smallest absolute Gasteiger partial charge is 0.410 e. The number of aryl methyl sites for hydroxylation is 1. The van der Waals surface area contributed by atoms with Crippen molar-refractivity contribution >= 4 is 41.0 Å². The minimum absolute atomic E-state index is 0.209. The first kappa shape index (κ1) is 27.3. The summed E-state index contributed by atoms with van der Waals surface area (Å²) in [4.78, 5) is 36.6. The summed E-state index contributed by atoms with van der Waals surface area (Å²) in [6.07, 6.45) is -0.543. The quantitative estimate of drug-likeness (QED) is 0.496. The van der Waals surface area contributed by atoms with Crippen molar-refractivity contribution < 1.29 is 14.3 Å². The second-order valence-corrected chi connectivity index (χ2v) is 9.30. The molecule has 0 fully saturated rings. The van der Waals surface area contributed by atoms with E-state index in [9.17, 15) is 9.59 Å². The SMILES string of the molecule is Cc1nc(NC(=S)NC(C)C)cc(N(C)CCNC(=O)[C@H](C)N(C)C(=O)OC(C)(C)C)n1. The van der Waals surface area contributed by atoms with Gasteiger partial charge in [-0.1, -0.05) is 0 Å². The van der Waals surface area contributed by atoms with Crippen LogP contribution in [0.25, 0.3) is 0 Å². The fourth-order valence-corrected chi connectivity index (χ4v) is 2.84. The second kappa shape index (κ2) is 11.8. The van der Waals surface area contributed by atoms with Gasteiger partial charge in [0.15, 0.2) is 5.11 Å². The minimum atomic E-state index is -0.665. The van der Waals surface area contributed by atoms with Crippen molar-refractivity contribution in [2.45, 2.75) is 66.2 Å². The lowest BCUT2D eigenvalue weighted by Gasteiger charge is -2.28. The Morgan fingerprint density at radius 3 is 2.38 bits per heavy atom. The van der Waals surface area contributed by atoms with Gasteiger partial charge in [-0.3, -0.25) is 9.69 Å². The van der Waals surface area contributed by atoms with Crippen molar-refractivity contribution in [3.8, 4) is 0 Å². The van der Waals surface area contributed by atoms with Crippen LogP contribution in [-0.2, 0) is 9.53 Å². The van der Waals surface area contributed by atoms with Crippen LogP contribution in [0.4, 0.5) is 16.4 Å². The molecule has 0 unspecified atom stereocenters. The summed E-state index contributed by atoms with van der Waals surface area (Å²) in [5, 5.41) is 9.50. The van der Waals surface area contributed by atoms with Crippen LogP contribution < -0.4 is 20.9 Å². The Bertz CT molecular complexity index is 811. The van der Waals surface area contributed by atoms with Gasteiger partial charge in [0.2, 0.25) is 5.91 Å². The van der Waals surface area contributed by atoms with Gasteiger partial charge >= 0.3 is 6.09 Å². The number of ether oxygens (including phenoxy) is 1. The molecular formula is C21H37N7O3S. The molecule has 0 aliphatic rings. The van der Waals surface area contributed by atoms with Gasteiger partial charge in [-0.25, -0.2) is 14.8 Å². The zero-order chi connectivity index (χ0) is 24.6. The highest BCUT2D eigenvalue weighted by atomic mass is 32.1. The number of nitrogens with one attached hydrogen (secondary N) is 3. The average molecular weight is 468 g/mol. The Kier molecular flexibility index (Phi) is 10.1. The number of anilines is 2. The van der Waals surface area contributed by atoms with Gasteiger partial charge in [0.1, 0.15) is 29.1 Å². The molecule has 1 aromatic heterocycles. The molecule has 1 rings (SSSR count). The van der Waals surface area contributed by atoms with Gasteiger partial charge in [-0.05, 0) is 60.7 Å². The van der Waals surface area contributed by atoms with Crippen LogP contribution in [0.3, 0.4) is 0 Å². The van der Waals surface area contributed by atoms with Crippen LogP contribution in [0.1, 0.15) is 47.4 Å². The van der Waals surface area contributed by atoms with Gasteiger partial charge in [-0.15, -0.1) is 0 Å². The maximum Gasteiger partial charge on any atom is 0.410 e. The number of thiocarbonyl (C=S) groups is 1. The Balaban J connectivity index is 2.63. The van der Waals surface area contributed by atoms with Crippen molar-refractivity contribution in [2.75, 3.05) is 37.4 Å². The van der Waals surface area contributed by atoms with Crippen LogP contribution in [0.5, 0.6) is 0 Å². The second-order valence-electron chi connectivity index (χ2n) is 8.89. The molecule has 10 nitrogen and oxygen atoms in total. The number of likely N-dealkylation sites (N-methyl/N-ethyl adjacent to an activating group) is 2. The first-order valence-electron chi connectivity index (χ1n) is 10.6. The summed E-state index contributed by atoms with van der Waals surface area (Å²) >= 11 is 5.28. The molecular weight excluding hydrogens is 430 g/mol. The Morgan fingerprint density at radius 2 is 1.81 bits per heavy atom. The molecule has 1 heterocycles. The average Bonchev–Trinajstić information content (AvgIpc) is 2.63. The molecule has 0 aliphatic carbocycles. The predicted octanol–water partition coefficient (Wildman–Crippen LogP) is 2.29. The maximum atomic E-state index is 12.5. The summed E-state index contributed by atoms with van der Waals surface area (Å²) in [6.45, 7) is 13.7. The highest BCUT2D eigenvalue weighted by molar-refractivity contribution is 7.80. The number of aromatic nitrogens is 2. The molecule has 2 amide bonds. The van der Waals surface area contributed by atoms with E-state index in [4.69, 9.17) is 17.0 Å². The number of rotatable bonds is 8. The van der Waals surface area contributed by atoms with Crippen LogP contribution in [0.15, 0.2) is 6.07 Å². The number of hydrogen-bond acceptors (Lipinski definition) is 7. The van der Waals surface area contributed by atoms with E-state index in [2.05, 4.69) is 25.9 Å². The molecule has 0 saturated heterocycles. The molecule has 0 aliphatic heterocycles. The van der Waals surface area contributed by atoms with Gasteiger partial charge in [0.05, 0.1) is 0 Å². The van der Waals surface area contributed by atoms with Crippen molar-refractivity contribution in [1.29, 1.82) is 0 Å². The zero-order valence-electron chi connectivity index (χ0n) is 20.6. The Labute approximate surface area is 196 Å². The first-order valence-corrected chi connectivity index (χ1v) is 11.0. The van der Waals surface area contributed by atoms with Gasteiger partial charge < -0.3 is 25.6 Å². The van der Waals surface area contributed by atoms with E-state index < -0.39 is 17.7 Å². The largest absolute Gasteiger partial charge is 0.444 e. The van der Waals surface area contributed by atoms with Crippen molar-refractivity contribution in [1.82, 2.24) is 25.5 Å². The van der Waals surface area contributed by atoms with Crippen LogP contribution in [0.2, 0.25) is 0 Å². The summed E-state index contributed by atoms with van der Waals surface area (Å²) in [7, 11) is 3.42. The van der Waals surface area contributed by atoms with Gasteiger partial charge in [0.25, 0.3) is 0 Å². The van der Waals surface area contributed by atoms with E-state index in [1.54, 1.807) is 47.7 Å². The fourth-order valence-electron chi connectivity index (χ4n) is 2.50. The van der Waals surface area contributed by atoms with Crippen molar-refractivity contribution in [2.24, 2.45) is 0 Å². The molecule has 32 heavy (non-hydrogen) atoms. The lowest BCUT2D eigenvalue weighted by Crippen LogP contribution is -2.48. The monoisotopic (exact) mass is 467 g/mol. The lowest BCUT2D eigenvalue weighted by atomic mass is 10.2. The molecule has 0 aromatic carbocycles. The molecule has 11 heteroatoms. The normalized spacial score (nSPS) is 12.1.